The molecule has 1 fully saturated rings. The summed E-state index contributed by atoms with van der Waals surface area (Å²) in [7, 11) is 0. The second-order valence-electron chi connectivity index (χ2n) is 6.72. The van der Waals surface area contributed by atoms with Gasteiger partial charge in [0, 0.05) is 10.9 Å². The smallest absolute Gasteiger partial charge is 0.261 e. The molecule has 1 saturated carbocycles. The van der Waals surface area contributed by atoms with Crippen LogP contribution in [0.1, 0.15) is 47.0 Å². The molecule has 0 aliphatic heterocycles. The largest absolute Gasteiger partial charge is 0.349 e. The zero-order chi connectivity index (χ0) is 15.1. The van der Waals surface area contributed by atoms with Gasteiger partial charge in [-0.05, 0) is 60.8 Å². The van der Waals surface area contributed by atoms with Gasteiger partial charge in [0.15, 0.2) is 0 Å². The Morgan fingerprint density at radius 3 is 2.82 bits per heavy atom. The lowest BCUT2D eigenvalue weighted by Crippen LogP contribution is -2.24. The van der Waals surface area contributed by atoms with Gasteiger partial charge in [0.2, 0.25) is 0 Å². The normalized spacial score (nSPS) is 20.5. The molecule has 3 heteroatoms. The molecular formula is C19H21NOS. The number of thiophene rings is 1. The molecular weight excluding hydrogens is 290 g/mol. The fourth-order valence-corrected chi connectivity index (χ4v) is 4.41. The molecule has 114 valence electrons. The Labute approximate surface area is 135 Å². The minimum absolute atomic E-state index is 0.116. The van der Waals surface area contributed by atoms with Crippen LogP contribution in [0.5, 0.6) is 0 Å². The third kappa shape index (κ3) is 2.70. The highest BCUT2D eigenvalue weighted by molar-refractivity contribution is 7.17. The van der Waals surface area contributed by atoms with Crippen molar-refractivity contribution in [1.82, 2.24) is 5.32 Å². The summed E-state index contributed by atoms with van der Waals surface area (Å²) in [5, 5.41) is 3.11. The van der Waals surface area contributed by atoms with Gasteiger partial charge in [-0.3, -0.25) is 4.79 Å². The van der Waals surface area contributed by atoms with E-state index in [-0.39, 0.29) is 5.91 Å². The summed E-state index contributed by atoms with van der Waals surface area (Å²) < 4.78 is 0. The molecule has 2 nitrogen and oxygen atoms in total. The summed E-state index contributed by atoms with van der Waals surface area (Å²) in [6, 6.07) is 11.2. The standard InChI is InChI=1S/C19H21NOS/c1-12-6-7-14-11-17(19(21)20-15-8-9-15)22-18(14)16-5-3-2-4-13(16)10-12/h2-5,11-12,15H,6-10H2,1H3,(H,20,21). The van der Waals surface area contributed by atoms with Gasteiger partial charge in [0.1, 0.15) is 0 Å². The summed E-state index contributed by atoms with van der Waals surface area (Å²) in [5.74, 6) is 0.808. The summed E-state index contributed by atoms with van der Waals surface area (Å²) in [5.41, 5.74) is 4.11. The fourth-order valence-electron chi connectivity index (χ4n) is 3.24. The Morgan fingerprint density at radius 1 is 1.18 bits per heavy atom. The van der Waals surface area contributed by atoms with Crippen molar-refractivity contribution in [2.24, 2.45) is 5.92 Å². The summed E-state index contributed by atoms with van der Waals surface area (Å²) in [6.45, 7) is 2.33. The van der Waals surface area contributed by atoms with Crippen LogP contribution in [0.3, 0.4) is 0 Å². The van der Waals surface area contributed by atoms with E-state index < -0.39 is 0 Å². The summed E-state index contributed by atoms with van der Waals surface area (Å²) in [6.07, 6.45) is 5.69. The Hall–Kier alpha value is -1.61. The second-order valence-corrected chi connectivity index (χ2v) is 7.77. The summed E-state index contributed by atoms with van der Waals surface area (Å²) >= 11 is 1.67. The molecule has 1 N–H and O–H groups in total. The first-order valence-electron chi connectivity index (χ1n) is 8.22. The van der Waals surface area contributed by atoms with Gasteiger partial charge >= 0.3 is 0 Å². The molecule has 0 spiro atoms. The van der Waals surface area contributed by atoms with Gasteiger partial charge in [-0.25, -0.2) is 0 Å². The van der Waals surface area contributed by atoms with Gasteiger partial charge in [-0.1, -0.05) is 31.2 Å². The number of amides is 1. The van der Waals surface area contributed by atoms with Crippen LogP contribution in [0.4, 0.5) is 0 Å². The van der Waals surface area contributed by atoms with Gasteiger partial charge in [-0.15, -0.1) is 11.3 Å². The van der Waals surface area contributed by atoms with E-state index in [1.54, 1.807) is 11.3 Å². The minimum Gasteiger partial charge on any atom is -0.349 e. The number of benzene rings is 1. The number of carbonyl (C=O) groups excluding carboxylic acids is 1. The number of hydrogen-bond acceptors (Lipinski definition) is 2. The molecule has 2 aliphatic carbocycles. The van der Waals surface area contributed by atoms with Crippen molar-refractivity contribution in [3.63, 3.8) is 0 Å². The van der Waals surface area contributed by atoms with Crippen LogP contribution in [0, 0.1) is 5.92 Å². The molecule has 2 aliphatic rings. The number of carbonyl (C=O) groups is 1. The summed E-state index contributed by atoms with van der Waals surface area (Å²) in [4.78, 5) is 14.5. The number of rotatable bonds is 2. The van der Waals surface area contributed by atoms with Crippen LogP contribution in [0.15, 0.2) is 30.3 Å². The number of hydrogen-bond donors (Lipinski definition) is 1. The topological polar surface area (TPSA) is 29.1 Å². The predicted octanol–water partition coefficient (Wildman–Crippen LogP) is 4.43. The highest BCUT2D eigenvalue weighted by Gasteiger charge is 2.26. The highest BCUT2D eigenvalue weighted by atomic mass is 32.1. The van der Waals surface area contributed by atoms with Gasteiger partial charge < -0.3 is 5.32 Å². The van der Waals surface area contributed by atoms with E-state index >= 15 is 0 Å². The average molecular weight is 311 g/mol. The van der Waals surface area contributed by atoms with E-state index in [4.69, 9.17) is 0 Å². The Balaban J connectivity index is 1.74. The van der Waals surface area contributed by atoms with Crippen LogP contribution in [-0.4, -0.2) is 11.9 Å². The zero-order valence-corrected chi connectivity index (χ0v) is 13.7. The second kappa shape index (κ2) is 5.54. The van der Waals surface area contributed by atoms with E-state index in [9.17, 15) is 4.79 Å². The molecule has 1 heterocycles. The van der Waals surface area contributed by atoms with Crippen LogP contribution < -0.4 is 5.32 Å². The third-order valence-corrected chi connectivity index (χ3v) is 5.89. The molecule has 0 bridgehead atoms. The first-order valence-corrected chi connectivity index (χ1v) is 9.04. The van der Waals surface area contributed by atoms with Crippen LogP contribution in [0.25, 0.3) is 10.4 Å². The number of aryl methyl sites for hydroxylation is 1. The molecule has 2 aromatic rings. The number of nitrogens with one attached hydrogen (secondary N) is 1. The minimum atomic E-state index is 0.116. The molecule has 0 radical (unpaired) electrons. The first kappa shape index (κ1) is 14.0. The lowest BCUT2D eigenvalue weighted by molar-refractivity contribution is 0.0955. The van der Waals surface area contributed by atoms with Crippen molar-refractivity contribution in [3.8, 4) is 10.4 Å². The monoisotopic (exact) mass is 311 g/mol. The van der Waals surface area contributed by atoms with Crippen molar-refractivity contribution in [1.29, 1.82) is 0 Å². The van der Waals surface area contributed by atoms with Crippen molar-refractivity contribution < 1.29 is 4.79 Å². The number of fused-ring (bicyclic) bond motifs is 3. The maximum atomic E-state index is 12.4. The van der Waals surface area contributed by atoms with E-state index in [1.165, 1.54) is 28.0 Å². The van der Waals surface area contributed by atoms with Crippen molar-refractivity contribution in [3.05, 3.63) is 46.3 Å². The van der Waals surface area contributed by atoms with Crippen LogP contribution >= 0.6 is 11.3 Å². The van der Waals surface area contributed by atoms with Crippen LogP contribution in [0.2, 0.25) is 0 Å². The van der Waals surface area contributed by atoms with Gasteiger partial charge in [0.25, 0.3) is 5.91 Å². The SMILES string of the molecule is CC1CCc2cc(C(=O)NC3CC3)sc2-c2ccccc2C1. The zero-order valence-electron chi connectivity index (χ0n) is 12.9. The van der Waals surface area contributed by atoms with Crippen LogP contribution in [-0.2, 0) is 12.8 Å². The Kier molecular flexibility index (Phi) is 3.53. The van der Waals surface area contributed by atoms with Gasteiger partial charge in [0.05, 0.1) is 4.88 Å². The molecule has 1 aromatic heterocycles. The highest BCUT2D eigenvalue weighted by Crippen LogP contribution is 2.39. The van der Waals surface area contributed by atoms with Crippen molar-refractivity contribution >= 4 is 17.2 Å². The molecule has 1 amide bonds. The van der Waals surface area contributed by atoms with Crippen molar-refractivity contribution in [2.75, 3.05) is 0 Å². The maximum absolute atomic E-state index is 12.4. The quantitative estimate of drug-likeness (QED) is 0.873. The Morgan fingerprint density at radius 2 is 2.00 bits per heavy atom. The predicted molar refractivity (Wildman–Crippen MR) is 91.4 cm³/mol. The van der Waals surface area contributed by atoms with E-state index in [1.807, 2.05) is 0 Å². The maximum Gasteiger partial charge on any atom is 0.261 e. The van der Waals surface area contributed by atoms with E-state index in [0.29, 0.717) is 12.0 Å². The Bertz CT molecular complexity index is 714. The molecule has 22 heavy (non-hydrogen) atoms. The van der Waals surface area contributed by atoms with E-state index in [2.05, 4.69) is 42.6 Å². The molecule has 4 rings (SSSR count). The van der Waals surface area contributed by atoms with Gasteiger partial charge in [-0.2, -0.15) is 0 Å². The van der Waals surface area contributed by atoms with E-state index in [0.717, 1.165) is 30.6 Å². The lowest BCUT2D eigenvalue weighted by atomic mass is 9.87. The fraction of sp³-hybridized carbons (Fsp3) is 0.421. The first-order chi connectivity index (χ1) is 10.7. The van der Waals surface area contributed by atoms with Crippen molar-refractivity contribution in [2.45, 2.75) is 45.1 Å². The lowest BCUT2D eigenvalue weighted by Gasteiger charge is -2.18. The average Bonchev–Trinajstić information content (AvgIpc) is 3.21. The molecule has 0 saturated heterocycles. The third-order valence-electron chi connectivity index (χ3n) is 4.68. The molecule has 1 atom stereocenters. The molecule has 1 aromatic carbocycles. The molecule has 1 unspecified atom stereocenters.